The molecule has 0 amide bonds. The van der Waals surface area contributed by atoms with Crippen molar-refractivity contribution in [3.8, 4) is 0 Å². The minimum absolute atomic E-state index is 0.0818. The van der Waals surface area contributed by atoms with Gasteiger partial charge in [0.05, 0.1) is 12.7 Å². The van der Waals surface area contributed by atoms with Crippen molar-refractivity contribution in [3.05, 3.63) is 0 Å². The Labute approximate surface area is 76.7 Å². The molecule has 0 unspecified atom stereocenters. The molecular weight excluding hydrogens is 150 g/mol. The first-order valence-electron chi connectivity index (χ1n) is 4.73. The van der Waals surface area contributed by atoms with Gasteiger partial charge in [0.15, 0.2) is 0 Å². The highest BCUT2D eigenvalue weighted by Crippen LogP contribution is 2.05. The molecule has 0 saturated heterocycles. The molecule has 0 aliphatic carbocycles. The quantitative estimate of drug-likeness (QED) is 0.688. The third-order valence-electron chi connectivity index (χ3n) is 1.46. The van der Waals surface area contributed by atoms with Gasteiger partial charge in [0.25, 0.3) is 0 Å². The molecule has 0 radical (unpaired) electrons. The van der Waals surface area contributed by atoms with Crippen molar-refractivity contribution in [1.29, 1.82) is 0 Å². The Morgan fingerprint density at radius 2 is 1.67 bits per heavy atom. The summed E-state index contributed by atoms with van der Waals surface area (Å²) in [5.41, 5.74) is 0.0818. The van der Waals surface area contributed by atoms with Gasteiger partial charge >= 0.3 is 0 Å². The van der Waals surface area contributed by atoms with Gasteiger partial charge in [-0.2, -0.15) is 0 Å². The number of rotatable bonds is 5. The fourth-order valence-corrected chi connectivity index (χ4v) is 1.20. The average molecular weight is 173 g/mol. The molecule has 1 N–H and O–H groups in total. The molecule has 0 rings (SSSR count). The van der Waals surface area contributed by atoms with E-state index in [1.807, 2.05) is 0 Å². The molecule has 0 bridgehead atoms. The van der Waals surface area contributed by atoms with Gasteiger partial charge in [0.1, 0.15) is 0 Å². The molecule has 12 heavy (non-hydrogen) atoms. The highest BCUT2D eigenvalue weighted by molar-refractivity contribution is 4.78. The van der Waals surface area contributed by atoms with Crippen LogP contribution in [0.2, 0.25) is 0 Å². The zero-order chi connectivity index (χ0) is 9.78. The van der Waals surface area contributed by atoms with Crippen molar-refractivity contribution >= 4 is 0 Å². The predicted octanol–water partition coefficient (Wildman–Crippen LogP) is 2.19. The first-order valence-corrected chi connectivity index (χ1v) is 4.73. The van der Waals surface area contributed by atoms with Crippen LogP contribution in [0.4, 0.5) is 0 Å². The minimum Gasteiger partial charge on any atom is -0.377 e. The van der Waals surface area contributed by atoms with Crippen molar-refractivity contribution in [2.24, 2.45) is 0 Å². The van der Waals surface area contributed by atoms with Crippen LogP contribution in [0.3, 0.4) is 0 Å². The topological polar surface area (TPSA) is 21.3 Å². The van der Waals surface area contributed by atoms with Gasteiger partial charge in [-0.15, -0.1) is 0 Å². The van der Waals surface area contributed by atoms with E-state index in [2.05, 4.69) is 46.9 Å². The highest BCUT2D eigenvalue weighted by Gasteiger charge is 2.18. The number of ether oxygens (including phenoxy) is 1. The highest BCUT2D eigenvalue weighted by atomic mass is 16.5. The Morgan fingerprint density at radius 3 is 2.00 bits per heavy atom. The molecule has 0 aromatic heterocycles. The molecular formula is C10H23NO. The van der Waals surface area contributed by atoms with Crippen molar-refractivity contribution in [3.63, 3.8) is 0 Å². The Bertz CT molecular complexity index is 119. The van der Waals surface area contributed by atoms with E-state index in [0.717, 1.165) is 6.61 Å². The van der Waals surface area contributed by atoms with E-state index in [-0.39, 0.29) is 5.54 Å². The monoisotopic (exact) mass is 173 g/mol. The second kappa shape index (κ2) is 4.83. The third kappa shape index (κ3) is 6.62. The zero-order valence-corrected chi connectivity index (χ0v) is 9.27. The van der Waals surface area contributed by atoms with E-state index in [1.54, 1.807) is 0 Å². The molecule has 2 nitrogen and oxygen atoms in total. The maximum atomic E-state index is 5.54. The van der Waals surface area contributed by atoms with E-state index >= 15 is 0 Å². The molecule has 0 aliphatic heterocycles. The first kappa shape index (κ1) is 11.9. The summed E-state index contributed by atoms with van der Waals surface area (Å²) in [5, 5.41) is 3.45. The van der Waals surface area contributed by atoms with Crippen LogP contribution in [0.25, 0.3) is 0 Å². The number of nitrogens with one attached hydrogen (secondary N) is 1. The number of hydrogen-bond donors (Lipinski definition) is 1. The van der Waals surface area contributed by atoms with Gasteiger partial charge in [-0.05, 0) is 27.7 Å². The van der Waals surface area contributed by atoms with Crippen LogP contribution in [0, 0.1) is 0 Å². The van der Waals surface area contributed by atoms with E-state index in [1.165, 1.54) is 0 Å². The summed E-state index contributed by atoms with van der Waals surface area (Å²) < 4.78 is 5.54. The van der Waals surface area contributed by atoms with Gasteiger partial charge in [-0.3, -0.25) is 0 Å². The summed E-state index contributed by atoms with van der Waals surface area (Å²) in [6.07, 6.45) is 0.318. The van der Waals surface area contributed by atoms with E-state index in [4.69, 9.17) is 4.74 Å². The van der Waals surface area contributed by atoms with Crippen LogP contribution in [0.1, 0.15) is 41.5 Å². The second-order valence-corrected chi connectivity index (χ2v) is 4.54. The van der Waals surface area contributed by atoms with E-state index < -0.39 is 0 Å². The minimum atomic E-state index is 0.0818. The van der Waals surface area contributed by atoms with Crippen molar-refractivity contribution in [2.45, 2.75) is 59.2 Å². The molecule has 0 aromatic rings. The lowest BCUT2D eigenvalue weighted by atomic mass is 10.1. The first-order chi connectivity index (χ1) is 5.33. The molecule has 0 atom stereocenters. The largest absolute Gasteiger partial charge is 0.377 e. The molecule has 2 heteroatoms. The molecule has 74 valence electrons. The van der Waals surface area contributed by atoms with Crippen LogP contribution < -0.4 is 5.32 Å². The van der Waals surface area contributed by atoms with Crippen molar-refractivity contribution in [1.82, 2.24) is 5.32 Å². The normalized spacial score (nSPS) is 13.0. The third-order valence-corrected chi connectivity index (χ3v) is 1.46. The van der Waals surface area contributed by atoms with Gasteiger partial charge in [-0.25, -0.2) is 0 Å². The van der Waals surface area contributed by atoms with Crippen molar-refractivity contribution < 1.29 is 4.74 Å². The van der Waals surface area contributed by atoms with Gasteiger partial charge in [0.2, 0.25) is 0 Å². The number of hydrogen-bond acceptors (Lipinski definition) is 2. The molecule has 0 aromatic carbocycles. The fraction of sp³-hybridized carbons (Fsp3) is 1.00. The summed E-state index contributed by atoms with van der Waals surface area (Å²) in [6, 6.07) is 0.510. The fourth-order valence-electron chi connectivity index (χ4n) is 1.20. The average Bonchev–Trinajstić information content (AvgIpc) is 1.81. The summed E-state index contributed by atoms with van der Waals surface area (Å²) in [7, 11) is 0. The molecule has 0 saturated carbocycles. The zero-order valence-electron chi connectivity index (χ0n) is 9.27. The lowest BCUT2D eigenvalue weighted by Crippen LogP contribution is -2.47. The van der Waals surface area contributed by atoms with Crippen LogP contribution in [0.5, 0.6) is 0 Å². The lowest BCUT2D eigenvalue weighted by molar-refractivity contribution is 0.0362. The van der Waals surface area contributed by atoms with E-state index in [9.17, 15) is 0 Å². The molecule has 0 aliphatic rings. The standard InChI is InChI=1S/C10H23NO/c1-8(2)11-10(5,6)7-12-9(3)4/h8-9,11H,7H2,1-6H3. The summed E-state index contributed by atoms with van der Waals surface area (Å²) in [5.74, 6) is 0. The summed E-state index contributed by atoms with van der Waals surface area (Å²) in [6.45, 7) is 13.5. The predicted molar refractivity (Wildman–Crippen MR) is 53.4 cm³/mol. The Balaban J connectivity index is 3.71. The van der Waals surface area contributed by atoms with Gasteiger partial charge in [-0.1, -0.05) is 13.8 Å². The van der Waals surface area contributed by atoms with Gasteiger partial charge in [0, 0.05) is 11.6 Å². The molecule has 0 fully saturated rings. The Hall–Kier alpha value is -0.0800. The SMILES string of the molecule is CC(C)NC(C)(C)COC(C)C. The van der Waals surface area contributed by atoms with Crippen LogP contribution in [0.15, 0.2) is 0 Å². The van der Waals surface area contributed by atoms with Crippen LogP contribution >= 0.6 is 0 Å². The maximum Gasteiger partial charge on any atom is 0.0646 e. The van der Waals surface area contributed by atoms with Gasteiger partial charge < -0.3 is 10.1 Å². The van der Waals surface area contributed by atoms with Crippen LogP contribution in [-0.4, -0.2) is 24.3 Å². The summed E-state index contributed by atoms with van der Waals surface area (Å²) >= 11 is 0. The smallest absolute Gasteiger partial charge is 0.0646 e. The molecule has 0 heterocycles. The van der Waals surface area contributed by atoms with E-state index in [0.29, 0.717) is 12.1 Å². The lowest BCUT2D eigenvalue weighted by Gasteiger charge is -2.29. The Morgan fingerprint density at radius 1 is 1.17 bits per heavy atom. The summed E-state index contributed by atoms with van der Waals surface area (Å²) in [4.78, 5) is 0. The van der Waals surface area contributed by atoms with Crippen molar-refractivity contribution in [2.75, 3.05) is 6.61 Å². The molecule has 0 spiro atoms. The van der Waals surface area contributed by atoms with Crippen LogP contribution in [-0.2, 0) is 4.74 Å². The second-order valence-electron chi connectivity index (χ2n) is 4.54. The maximum absolute atomic E-state index is 5.54. The Kier molecular flexibility index (Phi) is 4.80.